The maximum atomic E-state index is 9.75. The molecule has 1 aromatic rings. The van der Waals surface area contributed by atoms with Crippen LogP contribution in [0, 0.1) is 6.92 Å². The van der Waals surface area contributed by atoms with Gasteiger partial charge in [0.15, 0.2) is 0 Å². The highest BCUT2D eigenvalue weighted by atomic mass is 19.5. The predicted octanol–water partition coefficient (Wildman–Crippen LogP) is 5.48. The molecule has 0 saturated carbocycles. The van der Waals surface area contributed by atoms with Gasteiger partial charge in [-0.3, -0.25) is 0 Å². The summed E-state index contributed by atoms with van der Waals surface area (Å²) >= 11 is 0. The Balaban J connectivity index is 0.000000537. The number of fused-ring (bicyclic) bond motifs is 1. The number of nitrogens with zero attached hydrogens (tertiary/aromatic N) is 1. The van der Waals surface area contributed by atoms with Crippen molar-refractivity contribution < 1.29 is 26.4 Å². The highest BCUT2D eigenvalue weighted by molar-refractivity contribution is 6.50. The van der Waals surface area contributed by atoms with Crippen molar-refractivity contribution in [1.29, 1.82) is 0 Å². The second-order valence-electron chi connectivity index (χ2n) is 6.37. The summed E-state index contributed by atoms with van der Waals surface area (Å²) in [6.45, 7) is 8.44. The third-order valence-electron chi connectivity index (χ3n) is 4.46. The summed E-state index contributed by atoms with van der Waals surface area (Å²) in [6, 6.07) is 16.5. The maximum Gasteiger partial charge on any atom is 0.673 e. The first-order chi connectivity index (χ1) is 13.7. The van der Waals surface area contributed by atoms with E-state index in [4.69, 9.17) is 9.15 Å². The van der Waals surface area contributed by atoms with Crippen molar-refractivity contribution in [3.8, 4) is 28.4 Å². The Bertz CT molecular complexity index is 969. The largest absolute Gasteiger partial charge is 0.673 e. The Morgan fingerprint density at radius 1 is 0.897 bits per heavy atom. The molecule has 2 aliphatic rings. The minimum absolute atomic E-state index is 0.847. The smallest absolute Gasteiger partial charge is 0.497 e. The third-order valence-corrected chi connectivity index (χ3v) is 4.46. The molecule has 0 saturated heterocycles. The summed E-state index contributed by atoms with van der Waals surface area (Å²) in [4.78, 5) is 0. The van der Waals surface area contributed by atoms with Crippen molar-refractivity contribution in [2.24, 2.45) is 0 Å². The highest BCUT2D eigenvalue weighted by Gasteiger charge is 2.20. The zero-order valence-electron chi connectivity index (χ0n) is 16.9. The summed E-state index contributed by atoms with van der Waals surface area (Å²) in [5.74, 6) is 2.64. The average Bonchev–Trinajstić information content (AvgIpc) is 2.67. The van der Waals surface area contributed by atoms with Crippen LogP contribution in [0.3, 0.4) is 0 Å². The summed E-state index contributed by atoms with van der Waals surface area (Å²) < 4.78 is 52.8. The SMILES string of the molecule is CC[N+](CC)=c1ccc2c(C)cc(-c3ccc(OC)cc3)oc-2c1.F[B-](F)(F)F. The van der Waals surface area contributed by atoms with Gasteiger partial charge in [0.25, 0.3) is 0 Å². The number of rotatable bonds is 4. The standard InChI is InChI=1S/C21H24NO2.BF4/c1-5-22(6-2)17-9-12-19-15(3)13-20(24-21(19)14-17)16-7-10-18(23-4)11-8-16;2-1(3,4)5/h7-14H,5-6H2,1-4H3;/q+1;-1. The summed E-state index contributed by atoms with van der Waals surface area (Å²) in [5.41, 5.74) is 3.42. The molecule has 8 heteroatoms. The van der Waals surface area contributed by atoms with Crippen LogP contribution >= 0.6 is 0 Å². The number of halogens is 4. The molecule has 0 radical (unpaired) electrons. The van der Waals surface area contributed by atoms with Crippen molar-refractivity contribution in [1.82, 2.24) is 4.58 Å². The molecule has 0 amide bonds. The fourth-order valence-electron chi connectivity index (χ4n) is 3.03. The van der Waals surface area contributed by atoms with Crippen LogP contribution in [0.15, 0.2) is 52.9 Å². The molecule has 3 rings (SSSR count). The molecule has 0 fully saturated rings. The molecule has 0 unspecified atom stereocenters. The number of hydrogen-bond acceptors (Lipinski definition) is 2. The van der Waals surface area contributed by atoms with Gasteiger partial charge in [-0.2, -0.15) is 0 Å². The van der Waals surface area contributed by atoms with Crippen molar-refractivity contribution >= 4 is 7.25 Å². The maximum absolute atomic E-state index is 9.75. The third kappa shape index (κ3) is 6.37. The topological polar surface area (TPSA) is 25.4 Å². The second kappa shape index (κ2) is 9.63. The van der Waals surface area contributed by atoms with Crippen LogP contribution < -0.4 is 14.7 Å². The molecule has 1 heterocycles. The van der Waals surface area contributed by atoms with Crippen molar-refractivity contribution in [2.45, 2.75) is 20.8 Å². The Kier molecular flexibility index (Phi) is 7.48. The molecule has 29 heavy (non-hydrogen) atoms. The van der Waals surface area contributed by atoms with Gasteiger partial charge in [0.05, 0.1) is 13.2 Å². The van der Waals surface area contributed by atoms with Gasteiger partial charge in [0, 0.05) is 17.2 Å². The van der Waals surface area contributed by atoms with Gasteiger partial charge in [-0.1, -0.05) is 0 Å². The predicted molar refractivity (Wildman–Crippen MR) is 109 cm³/mol. The quantitative estimate of drug-likeness (QED) is 0.324. The number of aryl methyl sites for hydroxylation is 1. The molecule has 0 bridgehead atoms. The molecule has 0 atom stereocenters. The van der Waals surface area contributed by atoms with E-state index in [0.29, 0.717) is 0 Å². The zero-order valence-corrected chi connectivity index (χ0v) is 16.9. The molecule has 0 spiro atoms. The first-order valence-corrected chi connectivity index (χ1v) is 9.30. The summed E-state index contributed by atoms with van der Waals surface area (Å²) in [7, 11) is -4.33. The van der Waals surface area contributed by atoms with Gasteiger partial charge in [0.1, 0.15) is 30.4 Å². The number of benzene rings is 2. The van der Waals surface area contributed by atoms with Crippen molar-refractivity contribution in [3.05, 3.63) is 59.5 Å². The molecule has 156 valence electrons. The van der Waals surface area contributed by atoms with E-state index in [2.05, 4.69) is 49.6 Å². The minimum Gasteiger partial charge on any atom is -0.497 e. The fourth-order valence-corrected chi connectivity index (χ4v) is 3.03. The lowest BCUT2D eigenvalue weighted by atomic mass is 10.0. The number of methoxy groups -OCH3 is 1. The monoisotopic (exact) mass is 409 g/mol. The molecule has 1 aliphatic heterocycles. The lowest BCUT2D eigenvalue weighted by Crippen LogP contribution is -2.29. The van der Waals surface area contributed by atoms with E-state index in [1.807, 2.05) is 24.3 Å². The van der Waals surface area contributed by atoms with Gasteiger partial charge in [-0.15, -0.1) is 0 Å². The van der Waals surface area contributed by atoms with E-state index in [9.17, 15) is 17.3 Å². The van der Waals surface area contributed by atoms with Crippen LogP contribution in [0.2, 0.25) is 0 Å². The summed E-state index contributed by atoms with van der Waals surface area (Å²) in [6.07, 6.45) is 0. The van der Waals surface area contributed by atoms with Gasteiger partial charge in [-0.05, 0) is 62.7 Å². The van der Waals surface area contributed by atoms with Gasteiger partial charge in [0.2, 0.25) is 5.36 Å². The van der Waals surface area contributed by atoms with Gasteiger partial charge in [-0.25, -0.2) is 4.58 Å². The molecular weight excluding hydrogens is 385 g/mol. The van der Waals surface area contributed by atoms with Crippen LogP contribution in [0.5, 0.6) is 5.75 Å². The van der Waals surface area contributed by atoms with Gasteiger partial charge >= 0.3 is 7.25 Å². The van der Waals surface area contributed by atoms with E-state index in [0.717, 1.165) is 41.5 Å². The molecule has 0 N–H and O–H groups in total. The van der Waals surface area contributed by atoms with Crippen LogP contribution in [0.25, 0.3) is 22.6 Å². The molecule has 1 aliphatic carbocycles. The summed E-state index contributed by atoms with van der Waals surface area (Å²) in [5, 5.41) is 1.20. The van der Waals surface area contributed by atoms with Crippen LogP contribution in [-0.4, -0.2) is 27.5 Å². The Morgan fingerprint density at radius 3 is 2.00 bits per heavy atom. The van der Waals surface area contributed by atoms with Crippen LogP contribution in [0.4, 0.5) is 17.3 Å². The molecule has 3 nitrogen and oxygen atoms in total. The molecule has 0 aromatic heterocycles. The van der Waals surface area contributed by atoms with E-state index in [1.54, 1.807) is 7.11 Å². The normalized spacial score (nSPS) is 11.0. The van der Waals surface area contributed by atoms with Crippen LogP contribution in [0.1, 0.15) is 19.4 Å². The minimum atomic E-state index is -6.00. The van der Waals surface area contributed by atoms with Crippen molar-refractivity contribution in [2.75, 3.05) is 20.2 Å². The van der Waals surface area contributed by atoms with Gasteiger partial charge < -0.3 is 26.4 Å². The molecular formula is C21H24BF4NO2. The van der Waals surface area contributed by atoms with E-state index in [1.165, 1.54) is 10.9 Å². The lowest BCUT2D eigenvalue weighted by Gasteiger charge is -2.11. The Labute approximate surface area is 167 Å². The second-order valence-corrected chi connectivity index (χ2v) is 6.37. The van der Waals surface area contributed by atoms with E-state index >= 15 is 0 Å². The number of hydrogen-bond donors (Lipinski definition) is 0. The first-order valence-electron chi connectivity index (χ1n) is 9.30. The Hall–Kier alpha value is -2.77. The van der Waals surface area contributed by atoms with Crippen molar-refractivity contribution in [3.63, 3.8) is 0 Å². The zero-order chi connectivity index (χ0) is 21.6. The Morgan fingerprint density at radius 2 is 1.48 bits per heavy atom. The number of ether oxygens (including phenoxy) is 1. The lowest BCUT2D eigenvalue weighted by molar-refractivity contribution is 0.368. The molecule has 1 aromatic carbocycles. The highest BCUT2D eigenvalue weighted by Crippen LogP contribution is 2.31. The fraction of sp³-hybridized carbons (Fsp3) is 0.286. The van der Waals surface area contributed by atoms with Crippen LogP contribution in [-0.2, 0) is 0 Å². The first kappa shape index (κ1) is 22.5. The van der Waals surface area contributed by atoms with E-state index in [-0.39, 0.29) is 0 Å². The average molecular weight is 409 g/mol. The van der Waals surface area contributed by atoms with E-state index < -0.39 is 7.25 Å².